The van der Waals surface area contributed by atoms with Crippen LogP contribution in [-0.2, 0) is 0 Å². The van der Waals surface area contributed by atoms with Crippen LogP contribution in [-0.4, -0.2) is 31.2 Å². The maximum absolute atomic E-state index is 12.1. The van der Waals surface area contributed by atoms with Crippen molar-refractivity contribution >= 4 is 22.8 Å². The van der Waals surface area contributed by atoms with Gasteiger partial charge in [-0.25, -0.2) is 14.8 Å². The average Bonchev–Trinajstić information content (AvgIpc) is 3.12. The molecule has 0 aliphatic carbocycles. The second kappa shape index (κ2) is 6.31. The number of aromatic amines is 2. The molecule has 8 heteroatoms. The van der Waals surface area contributed by atoms with E-state index in [1.807, 2.05) is 32.0 Å². The number of imidazole rings is 1. The van der Waals surface area contributed by atoms with E-state index in [1.165, 1.54) is 0 Å². The Bertz CT molecular complexity index is 864. The normalized spacial score (nSPS) is 12.5. The maximum Gasteiger partial charge on any atom is 0.319 e. The van der Waals surface area contributed by atoms with Crippen LogP contribution < -0.4 is 10.6 Å². The molecule has 126 valence electrons. The second-order valence-electron chi connectivity index (χ2n) is 6.11. The van der Waals surface area contributed by atoms with Crippen LogP contribution in [0.15, 0.2) is 18.2 Å². The number of anilines is 1. The van der Waals surface area contributed by atoms with Crippen LogP contribution in [0.1, 0.15) is 50.2 Å². The minimum atomic E-state index is -0.312. The van der Waals surface area contributed by atoms with Gasteiger partial charge in [0.2, 0.25) is 0 Å². The quantitative estimate of drug-likeness (QED) is 0.590. The Morgan fingerprint density at radius 1 is 1.21 bits per heavy atom. The summed E-state index contributed by atoms with van der Waals surface area (Å²) in [5.41, 5.74) is 2.47. The lowest BCUT2D eigenvalue weighted by molar-refractivity contribution is 0.249. The van der Waals surface area contributed by atoms with Crippen LogP contribution in [0.2, 0.25) is 0 Å². The summed E-state index contributed by atoms with van der Waals surface area (Å²) in [5, 5.41) is 12.4. The van der Waals surface area contributed by atoms with E-state index in [4.69, 9.17) is 0 Å². The van der Waals surface area contributed by atoms with E-state index in [2.05, 4.69) is 49.6 Å². The number of urea groups is 1. The topological polar surface area (TPSA) is 111 Å². The van der Waals surface area contributed by atoms with Crippen molar-refractivity contribution in [3.8, 4) is 0 Å². The van der Waals surface area contributed by atoms with Crippen molar-refractivity contribution in [3.63, 3.8) is 0 Å². The lowest BCUT2D eigenvalue weighted by Crippen LogP contribution is -2.31. The van der Waals surface area contributed by atoms with Gasteiger partial charge in [-0.3, -0.25) is 5.10 Å². The number of carbonyl (C=O) groups excluding carboxylic acids is 1. The summed E-state index contributed by atoms with van der Waals surface area (Å²) in [6.07, 6.45) is 0. The second-order valence-corrected chi connectivity index (χ2v) is 6.11. The first-order valence-corrected chi connectivity index (χ1v) is 7.88. The third kappa shape index (κ3) is 3.37. The predicted octanol–water partition coefficient (Wildman–Crippen LogP) is 3.00. The molecule has 2 aromatic heterocycles. The Labute approximate surface area is 139 Å². The molecule has 0 saturated carbocycles. The van der Waals surface area contributed by atoms with Crippen LogP contribution in [0.5, 0.6) is 0 Å². The zero-order valence-electron chi connectivity index (χ0n) is 14.1. The molecule has 1 aromatic carbocycles. The molecule has 24 heavy (non-hydrogen) atoms. The number of aryl methyl sites for hydroxylation is 1. The third-order valence-electron chi connectivity index (χ3n) is 3.65. The van der Waals surface area contributed by atoms with Gasteiger partial charge in [0.15, 0.2) is 5.82 Å². The van der Waals surface area contributed by atoms with Gasteiger partial charge in [0.05, 0.1) is 17.1 Å². The highest BCUT2D eigenvalue weighted by Gasteiger charge is 2.14. The monoisotopic (exact) mass is 327 g/mol. The largest absolute Gasteiger partial charge is 0.342 e. The van der Waals surface area contributed by atoms with E-state index in [1.54, 1.807) is 0 Å². The molecule has 2 heterocycles. The molecule has 3 rings (SSSR count). The van der Waals surface area contributed by atoms with Crippen LogP contribution in [0.25, 0.3) is 11.0 Å². The van der Waals surface area contributed by atoms with Gasteiger partial charge in [0.25, 0.3) is 0 Å². The standard InChI is InChI=1S/C16H21N7O/c1-8(2)14-20-12-6-5-11(7-13(12)21-14)19-16(24)17-9(3)15-18-10(4)22-23-15/h5-9H,1-4H3,(H,20,21)(H2,17,19,24)(H,18,22,23)/t9-/m0/s1. The number of amides is 2. The highest BCUT2D eigenvalue weighted by Crippen LogP contribution is 2.20. The summed E-state index contributed by atoms with van der Waals surface area (Å²) in [5.74, 6) is 2.51. The molecule has 0 saturated heterocycles. The molecule has 1 atom stereocenters. The Morgan fingerprint density at radius 2 is 2.00 bits per heavy atom. The fourth-order valence-corrected chi connectivity index (χ4v) is 2.36. The van der Waals surface area contributed by atoms with Crippen molar-refractivity contribution in [3.05, 3.63) is 35.7 Å². The van der Waals surface area contributed by atoms with Gasteiger partial charge in [-0.15, -0.1) is 0 Å². The van der Waals surface area contributed by atoms with Crippen molar-refractivity contribution in [1.29, 1.82) is 0 Å². The molecule has 0 bridgehead atoms. The molecule has 0 unspecified atom stereocenters. The fraction of sp³-hybridized carbons (Fsp3) is 0.375. The highest BCUT2D eigenvalue weighted by atomic mass is 16.2. The number of nitrogens with one attached hydrogen (secondary N) is 4. The molecule has 3 aromatic rings. The molecule has 4 N–H and O–H groups in total. The summed E-state index contributed by atoms with van der Waals surface area (Å²) in [4.78, 5) is 24.1. The Morgan fingerprint density at radius 3 is 2.67 bits per heavy atom. The third-order valence-corrected chi connectivity index (χ3v) is 3.65. The van der Waals surface area contributed by atoms with Gasteiger partial charge in [-0.1, -0.05) is 13.8 Å². The molecule has 0 fully saturated rings. The van der Waals surface area contributed by atoms with Gasteiger partial charge in [0.1, 0.15) is 11.6 Å². The highest BCUT2D eigenvalue weighted by molar-refractivity contribution is 5.92. The first-order chi connectivity index (χ1) is 11.4. The first kappa shape index (κ1) is 16.0. The minimum Gasteiger partial charge on any atom is -0.342 e. The molecule has 8 nitrogen and oxygen atoms in total. The van der Waals surface area contributed by atoms with Crippen LogP contribution in [0, 0.1) is 6.92 Å². The van der Waals surface area contributed by atoms with E-state index in [9.17, 15) is 4.79 Å². The molecule has 2 amide bonds. The number of H-pyrrole nitrogens is 2. The van der Waals surface area contributed by atoms with Gasteiger partial charge in [-0.05, 0) is 32.0 Å². The Balaban J connectivity index is 1.68. The average molecular weight is 327 g/mol. The van der Waals surface area contributed by atoms with Crippen LogP contribution >= 0.6 is 0 Å². The maximum atomic E-state index is 12.1. The van der Waals surface area contributed by atoms with Crippen molar-refractivity contribution in [2.75, 3.05) is 5.32 Å². The van der Waals surface area contributed by atoms with E-state index in [0.717, 1.165) is 16.9 Å². The van der Waals surface area contributed by atoms with E-state index >= 15 is 0 Å². The predicted molar refractivity (Wildman–Crippen MR) is 91.9 cm³/mol. The number of benzene rings is 1. The summed E-state index contributed by atoms with van der Waals surface area (Å²) in [6.45, 7) is 7.80. The van der Waals surface area contributed by atoms with Gasteiger partial charge in [-0.2, -0.15) is 5.10 Å². The number of hydrogen-bond acceptors (Lipinski definition) is 4. The smallest absolute Gasteiger partial charge is 0.319 e. The fourth-order valence-electron chi connectivity index (χ4n) is 2.36. The van der Waals surface area contributed by atoms with Crippen molar-refractivity contribution in [1.82, 2.24) is 30.5 Å². The number of fused-ring (bicyclic) bond motifs is 1. The van der Waals surface area contributed by atoms with E-state index < -0.39 is 0 Å². The van der Waals surface area contributed by atoms with E-state index in [0.29, 0.717) is 23.3 Å². The van der Waals surface area contributed by atoms with Gasteiger partial charge >= 0.3 is 6.03 Å². The summed E-state index contributed by atoms with van der Waals surface area (Å²) in [7, 11) is 0. The molecular formula is C16H21N7O. The molecule has 0 aliphatic rings. The zero-order valence-corrected chi connectivity index (χ0v) is 14.1. The minimum absolute atomic E-state index is 0.293. The van der Waals surface area contributed by atoms with E-state index in [-0.39, 0.29) is 12.1 Å². The zero-order chi connectivity index (χ0) is 17.3. The van der Waals surface area contributed by atoms with Crippen LogP contribution in [0.4, 0.5) is 10.5 Å². The lowest BCUT2D eigenvalue weighted by atomic mass is 10.2. The lowest BCUT2D eigenvalue weighted by Gasteiger charge is -2.11. The van der Waals surface area contributed by atoms with Crippen molar-refractivity contribution in [2.45, 2.75) is 39.7 Å². The number of hydrogen-bond donors (Lipinski definition) is 4. The number of nitrogens with zero attached hydrogens (tertiary/aromatic N) is 3. The van der Waals surface area contributed by atoms with Gasteiger partial charge in [0, 0.05) is 11.6 Å². The molecular weight excluding hydrogens is 306 g/mol. The molecule has 0 spiro atoms. The Kier molecular flexibility index (Phi) is 4.20. The first-order valence-electron chi connectivity index (χ1n) is 7.88. The number of aromatic nitrogens is 5. The van der Waals surface area contributed by atoms with Crippen LogP contribution in [0.3, 0.4) is 0 Å². The van der Waals surface area contributed by atoms with Crippen molar-refractivity contribution < 1.29 is 4.79 Å². The summed E-state index contributed by atoms with van der Waals surface area (Å²) in [6, 6.07) is 4.98. The summed E-state index contributed by atoms with van der Waals surface area (Å²) >= 11 is 0. The SMILES string of the molecule is Cc1nc([C@H](C)NC(=O)Nc2ccc3nc(C(C)C)[nH]c3c2)n[nH]1. The Hall–Kier alpha value is -2.90. The number of carbonyl (C=O) groups is 1. The van der Waals surface area contributed by atoms with Crippen molar-refractivity contribution in [2.24, 2.45) is 0 Å². The van der Waals surface area contributed by atoms with Gasteiger partial charge < -0.3 is 15.6 Å². The molecule has 0 radical (unpaired) electrons. The summed E-state index contributed by atoms with van der Waals surface area (Å²) < 4.78 is 0. The molecule has 0 aliphatic heterocycles. The number of rotatable bonds is 4.